The molecule has 0 bridgehead atoms. The van der Waals surface area contributed by atoms with Crippen molar-refractivity contribution >= 4 is 26.7 Å². The molecule has 3 nitrogen and oxygen atoms in total. The molecule has 0 amide bonds. The number of nitrogens with zero attached hydrogens (tertiary/aromatic N) is 1. The molecule has 4 heteroatoms. The predicted molar refractivity (Wildman–Crippen MR) is 64.7 cm³/mol. The quantitative estimate of drug-likeness (QED) is 0.808. The van der Waals surface area contributed by atoms with E-state index >= 15 is 0 Å². The smallest absolute Gasteiger partial charge is 0.183 e. The summed E-state index contributed by atoms with van der Waals surface area (Å²) in [6.07, 6.45) is 0. The van der Waals surface area contributed by atoms with Crippen LogP contribution in [-0.2, 0) is 4.74 Å². The first kappa shape index (κ1) is 10.4. The molecule has 0 radical (unpaired) electrons. The molecule has 0 atom stereocenters. The van der Waals surface area contributed by atoms with E-state index in [-0.39, 0.29) is 0 Å². The molecule has 0 aliphatic rings. The van der Waals surface area contributed by atoms with Gasteiger partial charge in [0, 0.05) is 13.7 Å². The van der Waals surface area contributed by atoms with E-state index < -0.39 is 0 Å². The first-order chi connectivity index (χ1) is 7.31. The number of rotatable bonds is 4. The van der Waals surface area contributed by atoms with Gasteiger partial charge in [0.05, 0.1) is 16.8 Å². The average Bonchev–Trinajstić information content (AvgIpc) is 2.63. The summed E-state index contributed by atoms with van der Waals surface area (Å²) in [4.78, 5) is 4.54. The molecule has 1 N–H and O–H groups in total. The maximum Gasteiger partial charge on any atom is 0.183 e. The number of hydrogen-bond acceptors (Lipinski definition) is 4. The SMILES string of the molecule is COCCNc1nc2c(C)cccc2s1. The van der Waals surface area contributed by atoms with Gasteiger partial charge in [-0.1, -0.05) is 23.5 Å². The molecule has 1 aromatic heterocycles. The Labute approximate surface area is 93.1 Å². The number of thiazole rings is 1. The van der Waals surface area contributed by atoms with Crippen molar-refractivity contribution in [1.82, 2.24) is 4.98 Å². The maximum absolute atomic E-state index is 4.98. The van der Waals surface area contributed by atoms with Gasteiger partial charge in [0.2, 0.25) is 0 Å². The van der Waals surface area contributed by atoms with Crippen molar-refractivity contribution in [3.05, 3.63) is 23.8 Å². The Hall–Kier alpha value is -1.13. The van der Waals surface area contributed by atoms with Gasteiger partial charge in [0.1, 0.15) is 0 Å². The lowest BCUT2D eigenvalue weighted by Crippen LogP contribution is -2.06. The fourth-order valence-corrected chi connectivity index (χ4v) is 2.39. The van der Waals surface area contributed by atoms with E-state index in [1.54, 1.807) is 18.4 Å². The number of para-hydroxylation sites is 1. The number of ether oxygens (including phenoxy) is 1. The molecule has 1 heterocycles. The van der Waals surface area contributed by atoms with Crippen LogP contribution in [0.2, 0.25) is 0 Å². The maximum atomic E-state index is 4.98. The lowest BCUT2D eigenvalue weighted by molar-refractivity contribution is 0.211. The van der Waals surface area contributed by atoms with Gasteiger partial charge < -0.3 is 10.1 Å². The summed E-state index contributed by atoms with van der Waals surface area (Å²) >= 11 is 1.68. The van der Waals surface area contributed by atoms with Crippen LogP contribution in [0.5, 0.6) is 0 Å². The Morgan fingerprint density at radius 1 is 1.47 bits per heavy atom. The first-order valence-corrected chi connectivity index (χ1v) is 5.72. The van der Waals surface area contributed by atoms with E-state index in [0.717, 1.165) is 17.2 Å². The van der Waals surface area contributed by atoms with E-state index in [1.165, 1.54) is 10.3 Å². The highest BCUT2D eigenvalue weighted by molar-refractivity contribution is 7.22. The number of anilines is 1. The lowest BCUT2D eigenvalue weighted by Gasteiger charge is -1.99. The van der Waals surface area contributed by atoms with Crippen molar-refractivity contribution in [2.45, 2.75) is 6.92 Å². The van der Waals surface area contributed by atoms with E-state index in [1.807, 2.05) is 0 Å². The van der Waals surface area contributed by atoms with Gasteiger partial charge in [0.15, 0.2) is 5.13 Å². The Balaban J connectivity index is 2.20. The van der Waals surface area contributed by atoms with Gasteiger partial charge in [0.25, 0.3) is 0 Å². The Morgan fingerprint density at radius 3 is 3.07 bits per heavy atom. The number of fused-ring (bicyclic) bond motifs is 1. The largest absolute Gasteiger partial charge is 0.383 e. The Morgan fingerprint density at radius 2 is 2.33 bits per heavy atom. The molecular formula is C11H14N2OS. The number of aryl methyl sites for hydroxylation is 1. The van der Waals surface area contributed by atoms with Crippen molar-refractivity contribution < 1.29 is 4.74 Å². The average molecular weight is 222 g/mol. The van der Waals surface area contributed by atoms with Crippen LogP contribution in [0.3, 0.4) is 0 Å². The van der Waals surface area contributed by atoms with Crippen LogP contribution in [0.25, 0.3) is 10.2 Å². The fourth-order valence-electron chi connectivity index (χ4n) is 1.42. The second kappa shape index (κ2) is 4.59. The summed E-state index contributed by atoms with van der Waals surface area (Å²) in [7, 11) is 1.70. The van der Waals surface area contributed by atoms with Crippen LogP contribution in [0.1, 0.15) is 5.56 Å². The van der Waals surface area contributed by atoms with Gasteiger partial charge in [-0.15, -0.1) is 0 Å². The molecule has 0 fully saturated rings. The number of nitrogens with one attached hydrogen (secondary N) is 1. The van der Waals surface area contributed by atoms with Crippen molar-refractivity contribution in [3.63, 3.8) is 0 Å². The molecule has 0 unspecified atom stereocenters. The fraction of sp³-hybridized carbons (Fsp3) is 0.364. The summed E-state index contributed by atoms with van der Waals surface area (Å²) in [5.41, 5.74) is 2.32. The zero-order chi connectivity index (χ0) is 10.7. The second-order valence-corrected chi connectivity index (χ2v) is 4.39. The van der Waals surface area contributed by atoms with Crippen LogP contribution in [-0.4, -0.2) is 25.2 Å². The van der Waals surface area contributed by atoms with Gasteiger partial charge in [-0.2, -0.15) is 0 Å². The third-order valence-corrected chi connectivity index (χ3v) is 3.18. The molecule has 2 aromatic rings. The minimum atomic E-state index is 0.703. The highest BCUT2D eigenvalue weighted by Gasteiger charge is 2.04. The molecule has 2 rings (SSSR count). The van der Waals surface area contributed by atoms with Crippen LogP contribution < -0.4 is 5.32 Å². The summed E-state index contributed by atoms with van der Waals surface area (Å²) in [6, 6.07) is 6.25. The number of hydrogen-bond donors (Lipinski definition) is 1. The molecule has 0 saturated heterocycles. The molecule has 0 aliphatic carbocycles. The Kier molecular flexibility index (Phi) is 3.18. The Bertz CT molecular complexity index is 453. The molecule has 80 valence electrons. The van der Waals surface area contributed by atoms with Gasteiger partial charge in [-0.05, 0) is 18.6 Å². The normalized spacial score (nSPS) is 10.8. The van der Waals surface area contributed by atoms with Gasteiger partial charge in [-0.3, -0.25) is 0 Å². The van der Waals surface area contributed by atoms with E-state index in [2.05, 4.69) is 35.4 Å². The van der Waals surface area contributed by atoms with Crippen molar-refractivity contribution in [2.24, 2.45) is 0 Å². The minimum absolute atomic E-state index is 0.703. The molecular weight excluding hydrogens is 208 g/mol. The molecule has 0 aliphatic heterocycles. The molecule has 0 spiro atoms. The van der Waals surface area contributed by atoms with Crippen molar-refractivity contribution in [1.29, 1.82) is 0 Å². The van der Waals surface area contributed by atoms with E-state index in [9.17, 15) is 0 Å². The third kappa shape index (κ3) is 2.27. The topological polar surface area (TPSA) is 34.1 Å². The summed E-state index contributed by atoms with van der Waals surface area (Å²) in [5.74, 6) is 0. The van der Waals surface area contributed by atoms with Crippen molar-refractivity contribution in [3.8, 4) is 0 Å². The van der Waals surface area contributed by atoms with Crippen LogP contribution in [0, 0.1) is 6.92 Å². The highest BCUT2D eigenvalue weighted by Crippen LogP contribution is 2.27. The predicted octanol–water partition coefficient (Wildman–Crippen LogP) is 2.66. The van der Waals surface area contributed by atoms with Gasteiger partial charge >= 0.3 is 0 Å². The highest BCUT2D eigenvalue weighted by atomic mass is 32.1. The van der Waals surface area contributed by atoms with E-state index in [0.29, 0.717) is 6.61 Å². The molecule has 0 saturated carbocycles. The van der Waals surface area contributed by atoms with Crippen LogP contribution >= 0.6 is 11.3 Å². The van der Waals surface area contributed by atoms with Crippen LogP contribution in [0.15, 0.2) is 18.2 Å². The zero-order valence-electron chi connectivity index (χ0n) is 8.91. The molecule has 1 aromatic carbocycles. The monoisotopic (exact) mass is 222 g/mol. The number of methoxy groups -OCH3 is 1. The third-order valence-electron chi connectivity index (χ3n) is 2.20. The molecule has 15 heavy (non-hydrogen) atoms. The van der Waals surface area contributed by atoms with Crippen LogP contribution in [0.4, 0.5) is 5.13 Å². The first-order valence-electron chi connectivity index (χ1n) is 4.90. The summed E-state index contributed by atoms with van der Waals surface area (Å²) in [6.45, 7) is 3.59. The van der Waals surface area contributed by atoms with Gasteiger partial charge in [-0.25, -0.2) is 4.98 Å². The number of benzene rings is 1. The summed E-state index contributed by atoms with van der Waals surface area (Å²) in [5, 5.41) is 4.21. The minimum Gasteiger partial charge on any atom is -0.383 e. The number of aromatic nitrogens is 1. The van der Waals surface area contributed by atoms with E-state index in [4.69, 9.17) is 4.74 Å². The lowest BCUT2D eigenvalue weighted by atomic mass is 10.2. The zero-order valence-corrected chi connectivity index (χ0v) is 9.73. The van der Waals surface area contributed by atoms with Crippen molar-refractivity contribution in [2.75, 3.05) is 25.6 Å². The summed E-state index contributed by atoms with van der Waals surface area (Å²) < 4.78 is 6.21. The standard InChI is InChI=1S/C11H14N2OS/c1-8-4-3-5-9-10(8)13-11(15-9)12-6-7-14-2/h3-5H,6-7H2,1-2H3,(H,12,13). The second-order valence-electron chi connectivity index (χ2n) is 3.36.